The number of carbonyl (C=O) groups excluding carboxylic acids is 2. The maximum Gasteiger partial charge on any atom is 0.339 e. The minimum Gasteiger partial charge on any atom is -0.454 e. The average molecular weight is 422 g/mol. The van der Waals surface area contributed by atoms with Crippen LogP contribution in [0.15, 0.2) is 35.2 Å². The number of Topliss-reactive ketones (excluding diaryl/α,β-unsaturated/α-hetero) is 1. The lowest BCUT2D eigenvalue weighted by Crippen LogP contribution is -2.17. The summed E-state index contributed by atoms with van der Waals surface area (Å²) in [5, 5.41) is 0. The number of sulfone groups is 1. The monoisotopic (exact) mass is 421 g/mol. The van der Waals surface area contributed by atoms with E-state index >= 15 is 0 Å². The molecule has 1 fully saturated rings. The maximum atomic E-state index is 12.6. The number of hydrogen-bond donors (Lipinski definition) is 0. The molecular weight excluding hydrogens is 398 g/mol. The van der Waals surface area contributed by atoms with E-state index in [1.807, 2.05) is 29.9 Å². The molecule has 1 saturated heterocycles. The molecule has 0 N–H and O–H groups in total. The highest BCUT2D eigenvalue weighted by molar-refractivity contribution is 7.98. The molecule has 1 aromatic carbocycles. The highest BCUT2D eigenvalue weighted by Gasteiger charge is 2.31. The number of nitrogens with zero attached hydrogens (tertiary/aromatic N) is 1. The van der Waals surface area contributed by atoms with E-state index in [0.717, 1.165) is 10.6 Å². The van der Waals surface area contributed by atoms with Gasteiger partial charge in [0.15, 0.2) is 16.4 Å². The molecule has 8 heteroatoms. The Kier molecular flexibility index (Phi) is 6.00. The molecule has 0 amide bonds. The van der Waals surface area contributed by atoms with Gasteiger partial charge in [-0.05, 0) is 44.7 Å². The van der Waals surface area contributed by atoms with Crippen LogP contribution in [0.3, 0.4) is 0 Å². The fourth-order valence-electron chi connectivity index (χ4n) is 3.70. The first-order valence-corrected chi connectivity index (χ1v) is 12.0. The molecule has 1 aliphatic rings. The lowest BCUT2D eigenvalue weighted by molar-refractivity contribution is 0.0471. The topological polar surface area (TPSA) is 82.4 Å². The van der Waals surface area contributed by atoms with Gasteiger partial charge in [0, 0.05) is 27.9 Å². The number of hydrogen-bond acceptors (Lipinski definition) is 6. The number of aromatic nitrogens is 1. The number of thioether (sulfide) groups is 1. The van der Waals surface area contributed by atoms with Crippen molar-refractivity contribution >= 4 is 33.4 Å². The summed E-state index contributed by atoms with van der Waals surface area (Å²) in [4.78, 5) is 25.8. The Morgan fingerprint density at radius 2 is 1.93 bits per heavy atom. The van der Waals surface area contributed by atoms with Gasteiger partial charge in [0.2, 0.25) is 5.78 Å². The normalized spacial score (nSPS) is 18.2. The zero-order chi connectivity index (χ0) is 20.5. The van der Waals surface area contributed by atoms with Crippen LogP contribution < -0.4 is 0 Å². The van der Waals surface area contributed by atoms with Crippen molar-refractivity contribution in [3.8, 4) is 0 Å². The minimum atomic E-state index is -3.02. The van der Waals surface area contributed by atoms with Crippen molar-refractivity contribution in [2.24, 2.45) is 0 Å². The molecule has 3 rings (SSSR count). The maximum absolute atomic E-state index is 12.6. The van der Waals surface area contributed by atoms with Crippen molar-refractivity contribution in [3.63, 3.8) is 0 Å². The third-order valence-electron chi connectivity index (χ3n) is 5.02. The van der Waals surface area contributed by atoms with Crippen LogP contribution >= 0.6 is 11.8 Å². The Balaban J connectivity index is 1.73. The summed E-state index contributed by atoms with van der Waals surface area (Å²) in [5.74, 6) is -0.564. The molecule has 6 nitrogen and oxygen atoms in total. The summed E-state index contributed by atoms with van der Waals surface area (Å²) in [6.45, 7) is 3.31. The largest absolute Gasteiger partial charge is 0.454 e. The predicted molar refractivity (Wildman–Crippen MR) is 109 cm³/mol. The number of esters is 1. The van der Waals surface area contributed by atoms with Gasteiger partial charge in [0.05, 0.1) is 17.1 Å². The minimum absolute atomic E-state index is 0.0947. The SMILES string of the molecule is CSc1ccccc1C(=O)OCC(=O)c1cc(C)n([C@H]2CCS(=O)(=O)C2)c1C. The van der Waals surface area contributed by atoms with E-state index < -0.39 is 15.8 Å². The van der Waals surface area contributed by atoms with E-state index in [1.54, 1.807) is 25.1 Å². The van der Waals surface area contributed by atoms with Crippen molar-refractivity contribution in [1.29, 1.82) is 0 Å². The Hall–Kier alpha value is -2.06. The van der Waals surface area contributed by atoms with Crippen LogP contribution in [0.1, 0.15) is 44.6 Å². The van der Waals surface area contributed by atoms with Crippen molar-refractivity contribution < 1.29 is 22.7 Å². The molecule has 1 aliphatic heterocycles. The molecular formula is C20H23NO5S2. The number of aryl methyl sites for hydroxylation is 1. The lowest BCUT2D eigenvalue weighted by atomic mass is 10.1. The zero-order valence-electron chi connectivity index (χ0n) is 16.1. The predicted octanol–water partition coefficient (Wildman–Crippen LogP) is 3.23. The summed E-state index contributed by atoms with van der Waals surface area (Å²) >= 11 is 1.44. The second-order valence-corrected chi connectivity index (χ2v) is 9.99. The van der Waals surface area contributed by atoms with Crippen LogP contribution in [-0.4, -0.2) is 49.1 Å². The number of ether oxygens (including phenoxy) is 1. The van der Waals surface area contributed by atoms with E-state index in [0.29, 0.717) is 23.2 Å². The average Bonchev–Trinajstić information content (AvgIpc) is 3.17. The van der Waals surface area contributed by atoms with Crippen molar-refractivity contribution in [3.05, 3.63) is 52.8 Å². The zero-order valence-corrected chi connectivity index (χ0v) is 17.7. The Bertz CT molecular complexity index is 1020. The van der Waals surface area contributed by atoms with Gasteiger partial charge in [-0.2, -0.15) is 0 Å². The van der Waals surface area contributed by atoms with Crippen LogP contribution in [0.25, 0.3) is 0 Å². The molecule has 0 spiro atoms. The van der Waals surface area contributed by atoms with Gasteiger partial charge in [0.25, 0.3) is 0 Å². The first-order valence-electron chi connectivity index (χ1n) is 8.95. The first kappa shape index (κ1) is 20.7. The molecule has 28 heavy (non-hydrogen) atoms. The van der Waals surface area contributed by atoms with Gasteiger partial charge >= 0.3 is 5.97 Å². The molecule has 1 atom stereocenters. The summed E-state index contributed by atoms with van der Waals surface area (Å²) in [6.07, 6.45) is 2.42. The molecule has 0 saturated carbocycles. The Labute approximate surface area is 169 Å². The molecule has 2 aromatic rings. The molecule has 0 bridgehead atoms. The van der Waals surface area contributed by atoms with Gasteiger partial charge < -0.3 is 9.30 Å². The molecule has 0 unspecified atom stereocenters. The smallest absolute Gasteiger partial charge is 0.339 e. The number of rotatable bonds is 6. The summed E-state index contributed by atoms with van der Waals surface area (Å²) in [7, 11) is -3.02. The van der Waals surface area contributed by atoms with E-state index in [1.165, 1.54) is 11.8 Å². The number of ketones is 1. The second kappa shape index (κ2) is 8.13. The molecule has 2 heterocycles. The van der Waals surface area contributed by atoms with Crippen LogP contribution in [0.2, 0.25) is 0 Å². The van der Waals surface area contributed by atoms with Crippen LogP contribution in [0, 0.1) is 13.8 Å². The Morgan fingerprint density at radius 1 is 1.21 bits per heavy atom. The second-order valence-electron chi connectivity index (χ2n) is 6.91. The molecule has 1 aromatic heterocycles. The van der Waals surface area contributed by atoms with E-state index in [4.69, 9.17) is 4.74 Å². The first-order chi connectivity index (χ1) is 13.2. The van der Waals surface area contributed by atoms with Gasteiger partial charge in [-0.15, -0.1) is 11.8 Å². The third kappa shape index (κ3) is 4.17. The molecule has 0 radical (unpaired) electrons. The van der Waals surface area contributed by atoms with Gasteiger partial charge in [-0.3, -0.25) is 4.79 Å². The van der Waals surface area contributed by atoms with Crippen LogP contribution in [0.4, 0.5) is 0 Å². The van der Waals surface area contributed by atoms with Gasteiger partial charge in [0.1, 0.15) is 0 Å². The third-order valence-corrected chi connectivity index (χ3v) is 7.57. The highest BCUT2D eigenvalue weighted by Crippen LogP contribution is 2.29. The number of carbonyl (C=O) groups is 2. The van der Waals surface area contributed by atoms with E-state index in [2.05, 4.69) is 0 Å². The number of benzene rings is 1. The van der Waals surface area contributed by atoms with Gasteiger partial charge in [-0.1, -0.05) is 12.1 Å². The lowest BCUT2D eigenvalue weighted by Gasteiger charge is -2.16. The summed E-state index contributed by atoms with van der Waals surface area (Å²) in [6, 6.07) is 8.68. The fourth-order valence-corrected chi connectivity index (χ4v) is 5.99. The Morgan fingerprint density at radius 3 is 2.57 bits per heavy atom. The summed E-state index contributed by atoms with van der Waals surface area (Å²) < 4.78 is 30.8. The van der Waals surface area contributed by atoms with Crippen LogP contribution in [0.5, 0.6) is 0 Å². The van der Waals surface area contributed by atoms with E-state index in [9.17, 15) is 18.0 Å². The van der Waals surface area contributed by atoms with Crippen LogP contribution in [-0.2, 0) is 14.6 Å². The van der Waals surface area contributed by atoms with Crippen molar-refractivity contribution in [2.75, 3.05) is 24.4 Å². The van der Waals surface area contributed by atoms with Crippen molar-refractivity contribution in [2.45, 2.75) is 31.2 Å². The summed E-state index contributed by atoms with van der Waals surface area (Å²) in [5.41, 5.74) is 2.45. The molecule has 150 valence electrons. The highest BCUT2D eigenvalue weighted by atomic mass is 32.2. The fraction of sp³-hybridized carbons (Fsp3) is 0.400. The van der Waals surface area contributed by atoms with E-state index in [-0.39, 0.29) is 29.9 Å². The standard InChI is InChI=1S/C20H23NO5S2/c1-13-10-17(14(2)21(13)15-8-9-28(24,25)12-15)18(22)11-26-20(23)16-6-4-5-7-19(16)27-3/h4-7,10,15H,8-9,11-12H2,1-3H3/t15-/m0/s1. The quantitative estimate of drug-likeness (QED) is 0.405. The molecule has 0 aliphatic carbocycles. The van der Waals surface area contributed by atoms with Gasteiger partial charge in [-0.25, -0.2) is 13.2 Å². The van der Waals surface area contributed by atoms with Crippen molar-refractivity contribution in [1.82, 2.24) is 4.57 Å².